The molecule has 2 heterocycles. The van der Waals surface area contributed by atoms with Gasteiger partial charge in [-0.25, -0.2) is 0 Å². The predicted octanol–water partition coefficient (Wildman–Crippen LogP) is 3.71. The number of nitrogens with zero attached hydrogens (tertiary/aromatic N) is 2. The average Bonchev–Trinajstić information content (AvgIpc) is 3.28. The number of benzene rings is 2. The average molecular weight is 361 g/mol. The van der Waals surface area contributed by atoms with Crippen LogP contribution in [0.5, 0.6) is 0 Å². The summed E-state index contributed by atoms with van der Waals surface area (Å²) in [6, 6.07) is 18.9. The highest BCUT2D eigenvalue weighted by Gasteiger charge is 2.23. The van der Waals surface area contributed by atoms with E-state index < -0.39 is 0 Å². The Hall–Kier alpha value is -2.59. The zero-order valence-corrected chi connectivity index (χ0v) is 16.1. The predicted molar refractivity (Wildman–Crippen MR) is 110 cm³/mol. The maximum Gasteiger partial charge on any atom is 0.267 e. The fourth-order valence-corrected chi connectivity index (χ4v) is 4.29. The molecule has 0 radical (unpaired) electrons. The van der Waals surface area contributed by atoms with Crippen molar-refractivity contribution in [3.63, 3.8) is 0 Å². The molecule has 4 rings (SSSR count). The van der Waals surface area contributed by atoms with Gasteiger partial charge in [-0.15, -0.1) is 0 Å². The van der Waals surface area contributed by atoms with Crippen LogP contribution in [-0.4, -0.2) is 41.6 Å². The van der Waals surface area contributed by atoms with Gasteiger partial charge in [0.05, 0.1) is 5.52 Å². The van der Waals surface area contributed by atoms with Crippen molar-refractivity contribution < 1.29 is 4.79 Å². The molecule has 140 valence electrons. The van der Waals surface area contributed by atoms with Crippen LogP contribution in [0.15, 0.2) is 54.6 Å². The monoisotopic (exact) mass is 361 g/mol. The van der Waals surface area contributed by atoms with Crippen molar-refractivity contribution in [3.05, 3.63) is 71.4 Å². The van der Waals surface area contributed by atoms with Gasteiger partial charge in [0, 0.05) is 32.1 Å². The lowest BCUT2D eigenvalue weighted by atomic mass is 9.99. The molecular formula is C23H27N3O. The molecule has 0 aliphatic carbocycles. The number of aromatic nitrogens is 1. The lowest BCUT2D eigenvalue weighted by Crippen LogP contribution is -2.34. The zero-order valence-electron chi connectivity index (χ0n) is 16.1. The van der Waals surface area contributed by atoms with Gasteiger partial charge in [0.1, 0.15) is 5.69 Å². The van der Waals surface area contributed by atoms with E-state index in [4.69, 9.17) is 0 Å². The summed E-state index contributed by atoms with van der Waals surface area (Å²) in [6.07, 6.45) is 1.19. The minimum Gasteiger partial charge on any atom is -0.349 e. The molecule has 1 aliphatic rings. The molecule has 3 aromatic rings. The molecule has 0 spiro atoms. The van der Waals surface area contributed by atoms with Crippen molar-refractivity contribution in [2.24, 2.45) is 7.05 Å². The van der Waals surface area contributed by atoms with Crippen molar-refractivity contribution in [1.29, 1.82) is 0 Å². The molecule has 1 fully saturated rings. The summed E-state index contributed by atoms with van der Waals surface area (Å²) in [7, 11) is 1.97. The fourth-order valence-electron chi connectivity index (χ4n) is 4.29. The number of rotatable bonds is 5. The molecule has 1 amide bonds. The summed E-state index contributed by atoms with van der Waals surface area (Å²) in [5.74, 6) is 0.620. The van der Waals surface area contributed by atoms with Crippen molar-refractivity contribution >= 4 is 16.8 Å². The molecule has 27 heavy (non-hydrogen) atoms. The molecular weight excluding hydrogens is 334 g/mol. The quantitative estimate of drug-likeness (QED) is 0.752. The molecule has 0 unspecified atom stereocenters. The SMILES string of the molecule is Cc1cccc2cc(C(=O)NCCN3CC[C@@H](c4ccccc4)C3)n(C)c12. The lowest BCUT2D eigenvalue weighted by molar-refractivity contribution is 0.0942. The summed E-state index contributed by atoms with van der Waals surface area (Å²) in [5, 5.41) is 4.22. The van der Waals surface area contributed by atoms with Gasteiger partial charge in [-0.2, -0.15) is 0 Å². The Bertz CT molecular complexity index is 945. The molecule has 1 atom stereocenters. The first-order valence-electron chi connectivity index (χ1n) is 9.74. The van der Waals surface area contributed by atoms with Crippen molar-refractivity contribution in [2.45, 2.75) is 19.3 Å². The number of hydrogen-bond donors (Lipinski definition) is 1. The second kappa shape index (κ2) is 7.57. The lowest BCUT2D eigenvalue weighted by Gasteiger charge is -2.16. The van der Waals surface area contributed by atoms with Gasteiger partial charge in [-0.05, 0) is 43.0 Å². The largest absolute Gasteiger partial charge is 0.349 e. The third kappa shape index (κ3) is 3.62. The van der Waals surface area contributed by atoms with Crippen LogP contribution in [0.1, 0.15) is 34.0 Å². The molecule has 2 aromatic carbocycles. The standard InChI is InChI=1S/C23H27N3O/c1-17-7-6-10-19-15-21(25(2)22(17)19)23(27)24-12-14-26-13-11-20(16-26)18-8-4-3-5-9-18/h3-10,15,20H,11-14,16H2,1-2H3,(H,24,27)/t20-/m1/s1. The van der Waals surface area contributed by atoms with Crippen molar-refractivity contribution in [3.8, 4) is 0 Å². The number of fused-ring (bicyclic) bond motifs is 1. The number of aryl methyl sites for hydroxylation is 2. The van der Waals surface area contributed by atoms with E-state index in [1.165, 1.54) is 17.5 Å². The zero-order chi connectivity index (χ0) is 18.8. The first-order chi connectivity index (χ1) is 13.1. The second-order valence-corrected chi connectivity index (χ2v) is 7.55. The van der Waals surface area contributed by atoms with Gasteiger partial charge >= 0.3 is 0 Å². The van der Waals surface area contributed by atoms with Gasteiger partial charge in [-0.3, -0.25) is 4.79 Å². The number of nitrogens with one attached hydrogen (secondary N) is 1. The summed E-state index contributed by atoms with van der Waals surface area (Å²) < 4.78 is 2.00. The van der Waals surface area contributed by atoms with E-state index in [0.29, 0.717) is 12.5 Å². The van der Waals surface area contributed by atoms with E-state index >= 15 is 0 Å². The molecule has 1 aromatic heterocycles. The number of amides is 1. The Morgan fingerprint density at radius 1 is 1.15 bits per heavy atom. The first-order valence-corrected chi connectivity index (χ1v) is 9.74. The number of para-hydroxylation sites is 1. The Morgan fingerprint density at radius 2 is 1.96 bits per heavy atom. The van der Waals surface area contributed by atoms with Crippen LogP contribution >= 0.6 is 0 Å². The maximum atomic E-state index is 12.7. The third-order valence-corrected chi connectivity index (χ3v) is 5.75. The Morgan fingerprint density at radius 3 is 2.74 bits per heavy atom. The van der Waals surface area contributed by atoms with Crippen LogP contribution < -0.4 is 5.32 Å². The molecule has 0 saturated carbocycles. The molecule has 0 bridgehead atoms. The van der Waals surface area contributed by atoms with E-state index in [1.54, 1.807) is 0 Å². The maximum absolute atomic E-state index is 12.7. The minimum absolute atomic E-state index is 0.00639. The summed E-state index contributed by atoms with van der Waals surface area (Å²) in [4.78, 5) is 15.1. The topological polar surface area (TPSA) is 37.3 Å². The smallest absolute Gasteiger partial charge is 0.267 e. The Kier molecular flexibility index (Phi) is 4.99. The minimum atomic E-state index is 0.00639. The van der Waals surface area contributed by atoms with Crippen LogP contribution in [0, 0.1) is 6.92 Å². The molecule has 4 heteroatoms. The molecule has 1 N–H and O–H groups in total. The highest BCUT2D eigenvalue weighted by molar-refractivity contribution is 5.99. The highest BCUT2D eigenvalue weighted by atomic mass is 16.1. The number of carbonyl (C=O) groups excluding carboxylic acids is 1. The fraction of sp³-hybridized carbons (Fsp3) is 0.348. The van der Waals surface area contributed by atoms with Gasteiger partial charge in [-0.1, -0.05) is 48.5 Å². The Balaban J connectivity index is 1.33. The van der Waals surface area contributed by atoms with Gasteiger partial charge in [0.2, 0.25) is 0 Å². The first kappa shape index (κ1) is 17.8. The third-order valence-electron chi connectivity index (χ3n) is 5.75. The molecule has 1 aliphatic heterocycles. The van der Waals surface area contributed by atoms with Crippen molar-refractivity contribution in [1.82, 2.24) is 14.8 Å². The van der Waals surface area contributed by atoms with E-state index in [1.807, 2.05) is 23.7 Å². The van der Waals surface area contributed by atoms with Crippen LogP contribution in [0.3, 0.4) is 0 Å². The van der Waals surface area contributed by atoms with E-state index in [0.717, 1.165) is 36.2 Å². The van der Waals surface area contributed by atoms with Gasteiger partial charge in [0.25, 0.3) is 5.91 Å². The molecule has 4 nitrogen and oxygen atoms in total. The van der Waals surface area contributed by atoms with E-state index in [-0.39, 0.29) is 5.91 Å². The summed E-state index contributed by atoms with van der Waals surface area (Å²) in [5.41, 5.74) is 4.48. The normalized spacial score (nSPS) is 17.5. The van der Waals surface area contributed by atoms with Crippen LogP contribution in [0.4, 0.5) is 0 Å². The second-order valence-electron chi connectivity index (χ2n) is 7.55. The van der Waals surface area contributed by atoms with Crippen molar-refractivity contribution in [2.75, 3.05) is 26.2 Å². The van der Waals surface area contributed by atoms with Crippen LogP contribution in [-0.2, 0) is 7.05 Å². The summed E-state index contributed by atoms with van der Waals surface area (Å²) >= 11 is 0. The Labute approximate surface area is 160 Å². The van der Waals surface area contributed by atoms with Crippen LogP contribution in [0.25, 0.3) is 10.9 Å². The van der Waals surface area contributed by atoms with E-state index in [2.05, 4.69) is 59.6 Å². The highest BCUT2D eigenvalue weighted by Crippen LogP contribution is 2.26. The number of carbonyl (C=O) groups is 1. The number of hydrogen-bond acceptors (Lipinski definition) is 2. The summed E-state index contributed by atoms with van der Waals surface area (Å²) in [6.45, 7) is 5.84. The molecule has 1 saturated heterocycles. The van der Waals surface area contributed by atoms with Gasteiger partial charge in [0.15, 0.2) is 0 Å². The van der Waals surface area contributed by atoms with Crippen LogP contribution in [0.2, 0.25) is 0 Å². The number of likely N-dealkylation sites (tertiary alicyclic amines) is 1. The van der Waals surface area contributed by atoms with E-state index in [9.17, 15) is 4.79 Å². The van der Waals surface area contributed by atoms with Gasteiger partial charge < -0.3 is 14.8 Å².